The normalized spacial score (nSPS) is 10.0. The predicted octanol–water partition coefficient (Wildman–Crippen LogP) is 3.09. The lowest BCUT2D eigenvalue weighted by atomic mass is 10.1. The fraction of sp³-hybridized carbons (Fsp3) is 0.167. The van der Waals surface area contributed by atoms with Gasteiger partial charge in [0.2, 0.25) is 0 Å². The second-order valence-corrected chi connectivity index (χ2v) is 2.58. The van der Waals surface area contributed by atoms with E-state index in [1.54, 1.807) is 0 Å². The van der Waals surface area contributed by atoms with E-state index in [1.807, 2.05) is 24.3 Å². The van der Waals surface area contributed by atoms with E-state index >= 15 is 0 Å². The van der Waals surface area contributed by atoms with Gasteiger partial charge >= 0.3 is 0 Å². The molecule has 0 aliphatic carbocycles. The molecule has 1 aromatic rings. The van der Waals surface area contributed by atoms with Crippen molar-refractivity contribution in [2.24, 2.45) is 0 Å². The maximum Gasteiger partial charge on any atom is 0.0243 e. The summed E-state index contributed by atoms with van der Waals surface area (Å²) in [6.45, 7) is 2.12. The molecule has 0 aliphatic heterocycles. The van der Waals surface area contributed by atoms with Crippen LogP contribution in [0.15, 0.2) is 30.3 Å². The highest BCUT2D eigenvalue weighted by Crippen LogP contribution is 2.05. The summed E-state index contributed by atoms with van der Waals surface area (Å²) in [5.41, 5.74) is 2.14. The van der Waals surface area contributed by atoms with Crippen LogP contribution in [0.4, 0.5) is 0 Å². The van der Waals surface area contributed by atoms with E-state index in [-0.39, 0.29) is 0 Å². The minimum absolute atomic E-state index is 0.934. The first kappa shape index (κ1) is 8.62. The second kappa shape index (κ2) is 4.41. The zero-order valence-corrected chi connectivity index (χ0v) is 7.25. The molecule has 0 aliphatic rings. The van der Waals surface area contributed by atoms with E-state index in [1.165, 1.54) is 5.56 Å². The first-order valence-corrected chi connectivity index (χ1v) is 4.10. The van der Waals surface area contributed by atoms with Crippen molar-refractivity contribution in [2.45, 2.75) is 13.3 Å². The first-order chi connectivity index (χ1) is 5.86. The number of benzene rings is 1. The van der Waals surface area contributed by atoms with Gasteiger partial charge in [-0.25, -0.2) is 0 Å². The number of rotatable bonds is 2. The molecule has 0 atom stereocenters. The van der Waals surface area contributed by atoms with Crippen molar-refractivity contribution >= 4 is 6.08 Å². The van der Waals surface area contributed by atoms with Crippen molar-refractivity contribution in [2.75, 3.05) is 0 Å². The SMILES string of the molecule is C#Cc1ccc(/C=C/CC)cc1. The predicted molar refractivity (Wildman–Crippen MR) is 53.7 cm³/mol. The van der Waals surface area contributed by atoms with E-state index in [0.29, 0.717) is 0 Å². The average molecular weight is 156 g/mol. The van der Waals surface area contributed by atoms with Crippen molar-refractivity contribution in [3.05, 3.63) is 41.5 Å². The number of allylic oxidation sites excluding steroid dienone is 1. The van der Waals surface area contributed by atoms with Crippen LogP contribution in [0.1, 0.15) is 24.5 Å². The summed E-state index contributed by atoms with van der Waals surface area (Å²) in [4.78, 5) is 0. The van der Waals surface area contributed by atoms with Crippen LogP contribution in [0.3, 0.4) is 0 Å². The molecule has 0 radical (unpaired) electrons. The zero-order chi connectivity index (χ0) is 8.81. The molecule has 0 amide bonds. The third-order valence-corrected chi connectivity index (χ3v) is 1.62. The molecule has 0 saturated heterocycles. The summed E-state index contributed by atoms with van der Waals surface area (Å²) in [6, 6.07) is 7.97. The molecule has 1 aromatic carbocycles. The molecule has 0 spiro atoms. The topological polar surface area (TPSA) is 0 Å². The molecule has 1 rings (SSSR count). The molecule has 60 valence electrons. The number of hydrogen-bond donors (Lipinski definition) is 0. The number of hydrogen-bond acceptors (Lipinski definition) is 0. The minimum atomic E-state index is 0.934. The average Bonchev–Trinajstić information content (AvgIpc) is 2.15. The van der Waals surface area contributed by atoms with Crippen LogP contribution >= 0.6 is 0 Å². The summed E-state index contributed by atoms with van der Waals surface area (Å²) < 4.78 is 0. The van der Waals surface area contributed by atoms with Crippen molar-refractivity contribution in [3.8, 4) is 12.3 Å². The smallest absolute Gasteiger partial charge is 0.0243 e. The molecule has 0 saturated carbocycles. The minimum Gasteiger partial charge on any atom is -0.115 e. The van der Waals surface area contributed by atoms with Crippen LogP contribution in [0.25, 0.3) is 6.08 Å². The Hall–Kier alpha value is -1.48. The van der Waals surface area contributed by atoms with Gasteiger partial charge < -0.3 is 0 Å². The van der Waals surface area contributed by atoms with Gasteiger partial charge in [0.15, 0.2) is 0 Å². The van der Waals surface area contributed by atoms with Gasteiger partial charge in [0.1, 0.15) is 0 Å². The van der Waals surface area contributed by atoms with Gasteiger partial charge in [-0.3, -0.25) is 0 Å². The van der Waals surface area contributed by atoms with Crippen molar-refractivity contribution in [1.82, 2.24) is 0 Å². The van der Waals surface area contributed by atoms with Crippen LogP contribution in [-0.4, -0.2) is 0 Å². The van der Waals surface area contributed by atoms with Gasteiger partial charge in [0.05, 0.1) is 0 Å². The molecule has 0 fully saturated rings. The van der Waals surface area contributed by atoms with Crippen LogP contribution in [0.2, 0.25) is 0 Å². The van der Waals surface area contributed by atoms with E-state index in [0.717, 1.165) is 12.0 Å². The summed E-state index contributed by atoms with van der Waals surface area (Å²) >= 11 is 0. The maximum absolute atomic E-state index is 5.23. The molecule has 0 N–H and O–H groups in total. The molecule has 0 heterocycles. The first-order valence-electron chi connectivity index (χ1n) is 4.10. The van der Waals surface area contributed by atoms with Crippen LogP contribution in [-0.2, 0) is 0 Å². The largest absolute Gasteiger partial charge is 0.115 e. The summed E-state index contributed by atoms with van der Waals surface area (Å²) in [6.07, 6.45) is 10.5. The van der Waals surface area contributed by atoms with Crippen molar-refractivity contribution in [1.29, 1.82) is 0 Å². The fourth-order valence-electron chi connectivity index (χ4n) is 0.944. The highest BCUT2D eigenvalue weighted by Gasteiger charge is 1.86. The monoisotopic (exact) mass is 156 g/mol. The molecular weight excluding hydrogens is 144 g/mol. The van der Waals surface area contributed by atoms with E-state index in [2.05, 4.69) is 25.0 Å². The Labute approximate surface area is 73.9 Å². The van der Waals surface area contributed by atoms with Gasteiger partial charge in [0, 0.05) is 5.56 Å². The van der Waals surface area contributed by atoms with E-state index < -0.39 is 0 Å². The zero-order valence-electron chi connectivity index (χ0n) is 7.25. The molecule has 0 nitrogen and oxygen atoms in total. The second-order valence-electron chi connectivity index (χ2n) is 2.58. The lowest BCUT2D eigenvalue weighted by Crippen LogP contribution is -1.74. The van der Waals surface area contributed by atoms with E-state index in [9.17, 15) is 0 Å². The Bertz CT molecular complexity index is 296. The quantitative estimate of drug-likeness (QED) is 0.577. The molecule has 0 heteroatoms. The van der Waals surface area contributed by atoms with Gasteiger partial charge in [-0.2, -0.15) is 0 Å². The molecule has 0 aromatic heterocycles. The van der Waals surface area contributed by atoms with Crippen LogP contribution in [0.5, 0.6) is 0 Å². The summed E-state index contributed by atoms with van der Waals surface area (Å²) in [5.74, 6) is 2.59. The van der Waals surface area contributed by atoms with Gasteiger partial charge in [-0.1, -0.05) is 37.1 Å². The number of terminal acetylenes is 1. The third-order valence-electron chi connectivity index (χ3n) is 1.62. The van der Waals surface area contributed by atoms with Crippen molar-refractivity contribution in [3.63, 3.8) is 0 Å². The van der Waals surface area contributed by atoms with E-state index in [4.69, 9.17) is 6.42 Å². The maximum atomic E-state index is 5.23. The van der Waals surface area contributed by atoms with Gasteiger partial charge in [0.25, 0.3) is 0 Å². The molecule has 0 bridgehead atoms. The van der Waals surface area contributed by atoms with Gasteiger partial charge in [-0.05, 0) is 24.1 Å². The van der Waals surface area contributed by atoms with Gasteiger partial charge in [-0.15, -0.1) is 6.42 Å². The highest BCUT2D eigenvalue weighted by molar-refractivity contribution is 5.51. The lowest BCUT2D eigenvalue weighted by molar-refractivity contribution is 1.23. The van der Waals surface area contributed by atoms with Crippen LogP contribution in [0, 0.1) is 12.3 Å². The standard InChI is InChI=1S/C12H12/c1-3-5-6-12-9-7-11(4-2)8-10-12/h2,5-10H,3H2,1H3/b6-5+. The summed E-state index contributed by atoms with van der Waals surface area (Å²) in [7, 11) is 0. The summed E-state index contributed by atoms with van der Waals surface area (Å²) in [5, 5.41) is 0. The Morgan fingerprint density at radius 3 is 2.50 bits per heavy atom. The molecule has 0 unspecified atom stereocenters. The fourth-order valence-corrected chi connectivity index (χ4v) is 0.944. The Morgan fingerprint density at radius 1 is 1.33 bits per heavy atom. The highest BCUT2D eigenvalue weighted by atomic mass is 13.9. The Kier molecular flexibility index (Phi) is 3.17. The molecular formula is C12H12. The Morgan fingerprint density at radius 2 is 2.00 bits per heavy atom. The Balaban J connectivity index is 2.80. The van der Waals surface area contributed by atoms with Crippen LogP contribution < -0.4 is 0 Å². The third kappa shape index (κ3) is 2.29. The van der Waals surface area contributed by atoms with Crippen molar-refractivity contribution < 1.29 is 0 Å². The molecule has 12 heavy (non-hydrogen) atoms. The lowest BCUT2D eigenvalue weighted by Gasteiger charge is -1.92.